The lowest BCUT2D eigenvalue weighted by Gasteiger charge is -2.09. The molecule has 0 bridgehead atoms. The Balaban J connectivity index is 2.80. The number of nitrogens with zero attached hydrogens (tertiary/aromatic N) is 2. The molecule has 0 saturated carbocycles. The molecule has 86 valence electrons. The van der Waals surface area contributed by atoms with Crippen LogP contribution in [0.5, 0.6) is 0 Å². The van der Waals surface area contributed by atoms with Gasteiger partial charge in [-0.25, -0.2) is 18.2 Å². The smallest absolute Gasteiger partial charge is 0.166 e. The van der Waals surface area contributed by atoms with Gasteiger partial charge in [-0.1, -0.05) is 13.8 Å². The third kappa shape index (κ3) is 1.47. The van der Waals surface area contributed by atoms with E-state index in [4.69, 9.17) is 0 Å². The van der Waals surface area contributed by atoms with E-state index in [2.05, 4.69) is 4.98 Å². The van der Waals surface area contributed by atoms with Gasteiger partial charge in [0.05, 0.1) is 11.8 Å². The van der Waals surface area contributed by atoms with Gasteiger partial charge in [0.1, 0.15) is 11.3 Å². The monoisotopic (exact) mass is 228 g/mol. The molecule has 0 N–H and O–H groups in total. The third-order valence-electron chi connectivity index (χ3n) is 2.55. The Morgan fingerprint density at radius 1 is 1.38 bits per heavy atom. The van der Waals surface area contributed by atoms with E-state index in [1.54, 1.807) is 13.8 Å². The van der Waals surface area contributed by atoms with Crippen LogP contribution in [-0.2, 0) is 6.80 Å². The van der Waals surface area contributed by atoms with Gasteiger partial charge < -0.3 is 4.57 Å². The van der Waals surface area contributed by atoms with E-state index in [1.165, 1.54) is 0 Å². The van der Waals surface area contributed by atoms with Crippen LogP contribution in [0.15, 0.2) is 12.4 Å². The second-order valence-electron chi connectivity index (χ2n) is 3.94. The highest BCUT2D eigenvalue weighted by Gasteiger charge is 2.19. The van der Waals surface area contributed by atoms with Crippen molar-refractivity contribution in [1.29, 1.82) is 0 Å². The molecule has 2 nitrogen and oxygen atoms in total. The SMILES string of the molecule is CC(C)c1c(F)cc2c(ncn2CF)c1F. The number of hydrogen-bond donors (Lipinski definition) is 0. The maximum absolute atomic E-state index is 13.9. The van der Waals surface area contributed by atoms with E-state index in [9.17, 15) is 13.2 Å². The van der Waals surface area contributed by atoms with Crippen molar-refractivity contribution in [3.63, 3.8) is 0 Å². The maximum Gasteiger partial charge on any atom is 0.166 e. The summed E-state index contributed by atoms with van der Waals surface area (Å²) in [5.74, 6) is -1.63. The Kier molecular flexibility index (Phi) is 2.61. The summed E-state index contributed by atoms with van der Waals surface area (Å²) in [6, 6.07) is 1.13. The molecule has 0 spiro atoms. The van der Waals surface area contributed by atoms with Crippen LogP contribution in [0.25, 0.3) is 11.0 Å². The molecule has 16 heavy (non-hydrogen) atoms. The summed E-state index contributed by atoms with van der Waals surface area (Å²) < 4.78 is 41.1. The number of halogens is 3. The van der Waals surface area contributed by atoms with Crippen molar-refractivity contribution in [2.75, 3.05) is 0 Å². The Morgan fingerprint density at radius 3 is 2.62 bits per heavy atom. The molecule has 0 amide bonds. The van der Waals surface area contributed by atoms with Crippen molar-refractivity contribution in [3.8, 4) is 0 Å². The minimum absolute atomic E-state index is 0.00314. The Morgan fingerprint density at radius 2 is 2.06 bits per heavy atom. The van der Waals surface area contributed by atoms with Gasteiger partial charge in [0, 0.05) is 11.6 Å². The summed E-state index contributed by atoms with van der Waals surface area (Å²) in [5.41, 5.74) is 0.154. The molecule has 0 aliphatic carbocycles. The van der Waals surface area contributed by atoms with Crippen molar-refractivity contribution < 1.29 is 13.2 Å². The molecule has 1 heterocycles. The molecule has 0 saturated heterocycles. The number of rotatable bonds is 2. The molecule has 0 aliphatic rings. The zero-order valence-electron chi connectivity index (χ0n) is 8.97. The third-order valence-corrected chi connectivity index (χ3v) is 2.55. The molecule has 0 atom stereocenters. The van der Waals surface area contributed by atoms with Crippen LogP contribution in [0.2, 0.25) is 0 Å². The van der Waals surface area contributed by atoms with Crippen molar-refractivity contribution in [1.82, 2.24) is 9.55 Å². The molecule has 2 rings (SSSR count). The van der Waals surface area contributed by atoms with Gasteiger partial charge in [-0.2, -0.15) is 0 Å². The number of fused-ring (bicyclic) bond motifs is 1. The number of hydrogen-bond acceptors (Lipinski definition) is 1. The molecule has 2 aromatic rings. The second kappa shape index (κ2) is 3.81. The minimum atomic E-state index is -0.851. The van der Waals surface area contributed by atoms with Gasteiger partial charge in [-0.15, -0.1) is 0 Å². The normalized spacial score (nSPS) is 11.6. The van der Waals surface area contributed by atoms with Gasteiger partial charge in [-0.3, -0.25) is 0 Å². The first-order chi connectivity index (χ1) is 7.56. The maximum atomic E-state index is 13.9. The highest BCUT2D eigenvalue weighted by atomic mass is 19.1. The predicted molar refractivity (Wildman–Crippen MR) is 54.8 cm³/mol. The molecular weight excluding hydrogens is 217 g/mol. The zero-order chi connectivity index (χ0) is 11.9. The first kappa shape index (κ1) is 11.0. The number of aromatic nitrogens is 2. The lowest BCUT2D eigenvalue weighted by molar-refractivity contribution is 0.384. The van der Waals surface area contributed by atoms with Gasteiger partial charge in [0.2, 0.25) is 0 Å². The van der Waals surface area contributed by atoms with Crippen LogP contribution in [-0.4, -0.2) is 9.55 Å². The quantitative estimate of drug-likeness (QED) is 0.770. The summed E-state index contributed by atoms with van der Waals surface area (Å²) in [6.45, 7) is 2.54. The first-order valence-corrected chi connectivity index (χ1v) is 4.95. The summed E-state index contributed by atoms with van der Waals surface area (Å²) in [6.07, 6.45) is 1.16. The van der Waals surface area contributed by atoms with Gasteiger partial charge in [0.25, 0.3) is 0 Å². The summed E-state index contributed by atoms with van der Waals surface area (Å²) in [5, 5.41) is 0. The number of alkyl halides is 1. The summed E-state index contributed by atoms with van der Waals surface area (Å²) in [7, 11) is 0. The van der Waals surface area contributed by atoms with Crippen LogP contribution in [0, 0.1) is 11.6 Å². The van der Waals surface area contributed by atoms with E-state index in [-0.39, 0.29) is 22.5 Å². The van der Waals surface area contributed by atoms with Crippen LogP contribution in [0.3, 0.4) is 0 Å². The molecular formula is C11H11F3N2. The second-order valence-corrected chi connectivity index (χ2v) is 3.94. The molecule has 0 fully saturated rings. The highest BCUT2D eigenvalue weighted by Crippen LogP contribution is 2.28. The van der Waals surface area contributed by atoms with E-state index in [0.717, 1.165) is 17.0 Å². The van der Waals surface area contributed by atoms with E-state index in [1.807, 2.05) is 0 Å². The molecule has 0 radical (unpaired) electrons. The lowest BCUT2D eigenvalue weighted by Crippen LogP contribution is -2.00. The zero-order valence-corrected chi connectivity index (χ0v) is 8.97. The summed E-state index contributed by atoms with van der Waals surface area (Å²) >= 11 is 0. The van der Waals surface area contributed by atoms with Crippen LogP contribution < -0.4 is 0 Å². The van der Waals surface area contributed by atoms with Crippen LogP contribution >= 0.6 is 0 Å². The molecule has 5 heteroatoms. The average molecular weight is 228 g/mol. The van der Waals surface area contributed by atoms with Crippen LogP contribution in [0.4, 0.5) is 13.2 Å². The highest BCUT2D eigenvalue weighted by molar-refractivity contribution is 5.77. The fourth-order valence-corrected chi connectivity index (χ4v) is 1.77. The van der Waals surface area contributed by atoms with Crippen molar-refractivity contribution >= 4 is 11.0 Å². The molecule has 0 unspecified atom stereocenters. The standard InChI is InChI=1S/C11H11F3N2/c1-6(2)9-7(13)3-8-11(10(9)14)15-5-16(8)4-12/h3,5-6H,4H2,1-2H3. The van der Waals surface area contributed by atoms with Gasteiger partial charge >= 0.3 is 0 Å². The Hall–Kier alpha value is -1.52. The fourth-order valence-electron chi connectivity index (χ4n) is 1.77. The first-order valence-electron chi connectivity index (χ1n) is 4.95. The van der Waals surface area contributed by atoms with Crippen molar-refractivity contribution in [2.45, 2.75) is 26.6 Å². The minimum Gasteiger partial charge on any atom is -0.301 e. The van der Waals surface area contributed by atoms with E-state index < -0.39 is 18.4 Å². The van der Waals surface area contributed by atoms with Crippen molar-refractivity contribution in [3.05, 3.63) is 29.6 Å². The predicted octanol–water partition coefficient (Wildman–Crippen LogP) is 3.36. The molecule has 0 aliphatic heterocycles. The number of imidazole rings is 1. The Bertz CT molecular complexity index is 531. The largest absolute Gasteiger partial charge is 0.301 e. The van der Waals surface area contributed by atoms with E-state index in [0.29, 0.717) is 0 Å². The lowest BCUT2D eigenvalue weighted by atomic mass is 10.0. The van der Waals surface area contributed by atoms with E-state index >= 15 is 0 Å². The summed E-state index contributed by atoms with van der Waals surface area (Å²) in [4.78, 5) is 3.75. The number of benzene rings is 1. The van der Waals surface area contributed by atoms with Gasteiger partial charge in [0.15, 0.2) is 12.6 Å². The average Bonchev–Trinajstić information content (AvgIpc) is 2.60. The topological polar surface area (TPSA) is 17.8 Å². The fraction of sp³-hybridized carbons (Fsp3) is 0.364. The molecule has 1 aromatic heterocycles. The van der Waals surface area contributed by atoms with Crippen molar-refractivity contribution in [2.24, 2.45) is 0 Å². The molecule has 1 aromatic carbocycles. The van der Waals surface area contributed by atoms with Gasteiger partial charge in [-0.05, 0) is 5.92 Å². The van der Waals surface area contributed by atoms with Crippen LogP contribution in [0.1, 0.15) is 25.3 Å². The Labute approximate surface area is 90.7 Å².